The van der Waals surface area contributed by atoms with Gasteiger partial charge in [0.15, 0.2) is 0 Å². The number of hydrogen-bond donors (Lipinski definition) is 0. The maximum Gasteiger partial charge on any atom is 0.0922 e. The highest BCUT2D eigenvalue weighted by atomic mass is 14.8. The number of aryl methyl sites for hydroxylation is 1. The van der Waals surface area contributed by atoms with E-state index in [0.29, 0.717) is 5.92 Å². The predicted molar refractivity (Wildman–Crippen MR) is 125 cm³/mol. The van der Waals surface area contributed by atoms with Crippen molar-refractivity contribution in [1.29, 1.82) is 0 Å². The molecule has 0 saturated heterocycles. The molecule has 3 aromatic rings. The van der Waals surface area contributed by atoms with Crippen LogP contribution in [0.3, 0.4) is 0 Å². The number of allylic oxidation sites excluding steroid dienone is 1. The van der Waals surface area contributed by atoms with Gasteiger partial charge in [-0.05, 0) is 36.5 Å². The van der Waals surface area contributed by atoms with Crippen LogP contribution in [0.25, 0.3) is 28.4 Å². The lowest BCUT2D eigenvalue weighted by Crippen LogP contribution is -1.94. The Morgan fingerprint density at radius 3 is 1.96 bits per heavy atom. The first kappa shape index (κ1) is 23.6. The van der Waals surface area contributed by atoms with Gasteiger partial charge in [-0.2, -0.15) is 0 Å². The fraction of sp³-hybridized carbons (Fsp3) is 0.385. The number of hydrogen-bond acceptors (Lipinski definition) is 2. The highest BCUT2D eigenvalue weighted by Crippen LogP contribution is 2.23. The third kappa shape index (κ3) is 7.64. The van der Waals surface area contributed by atoms with E-state index in [9.17, 15) is 0 Å². The molecular formula is C26H36N2. The molecule has 0 spiro atoms. The van der Waals surface area contributed by atoms with Gasteiger partial charge in [0.1, 0.15) is 0 Å². The third-order valence-corrected chi connectivity index (χ3v) is 3.58. The number of aromatic nitrogens is 2. The summed E-state index contributed by atoms with van der Waals surface area (Å²) in [6.07, 6.45) is 4.34. The number of fused-ring (bicyclic) bond motifs is 1. The van der Waals surface area contributed by atoms with Gasteiger partial charge in [0.25, 0.3) is 0 Å². The van der Waals surface area contributed by atoms with Crippen LogP contribution in [0.5, 0.6) is 0 Å². The lowest BCUT2D eigenvalue weighted by Gasteiger charge is -2.07. The van der Waals surface area contributed by atoms with Crippen molar-refractivity contribution >= 4 is 17.1 Å². The summed E-state index contributed by atoms with van der Waals surface area (Å²) in [6, 6.07) is 16.5. The van der Waals surface area contributed by atoms with E-state index in [4.69, 9.17) is 9.97 Å². The first-order valence-corrected chi connectivity index (χ1v) is 10.4. The number of benzene rings is 2. The van der Waals surface area contributed by atoms with Gasteiger partial charge in [-0.25, -0.2) is 9.97 Å². The summed E-state index contributed by atoms with van der Waals surface area (Å²) in [5, 5.41) is 0. The molecule has 0 radical (unpaired) electrons. The van der Waals surface area contributed by atoms with Crippen molar-refractivity contribution in [2.24, 2.45) is 11.8 Å². The summed E-state index contributed by atoms with van der Waals surface area (Å²) in [5.41, 5.74) is 6.08. The zero-order valence-electron chi connectivity index (χ0n) is 18.8. The molecule has 0 bridgehead atoms. The topological polar surface area (TPSA) is 25.8 Å². The van der Waals surface area contributed by atoms with Gasteiger partial charge in [0, 0.05) is 5.56 Å². The monoisotopic (exact) mass is 376 g/mol. The number of nitrogens with zero attached hydrogens (tertiary/aromatic N) is 2. The molecule has 2 heteroatoms. The van der Waals surface area contributed by atoms with Crippen molar-refractivity contribution < 1.29 is 0 Å². The molecule has 0 aliphatic rings. The fourth-order valence-electron chi connectivity index (χ4n) is 2.44. The van der Waals surface area contributed by atoms with E-state index < -0.39 is 0 Å². The normalized spacial score (nSPS) is 10.6. The second kappa shape index (κ2) is 12.1. The zero-order chi connectivity index (χ0) is 21.1. The molecule has 28 heavy (non-hydrogen) atoms. The summed E-state index contributed by atoms with van der Waals surface area (Å²) >= 11 is 0. The van der Waals surface area contributed by atoms with Gasteiger partial charge >= 0.3 is 0 Å². The van der Waals surface area contributed by atoms with Crippen molar-refractivity contribution in [2.45, 2.75) is 55.4 Å². The second-order valence-corrected chi connectivity index (χ2v) is 7.61. The van der Waals surface area contributed by atoms with Gasteiger partial charge < -0.3 is 0 Å². The molecule has 0 saturated carbocycles. The van der Waals surface area contributed by atoms with Crippen LogP contribution in [0.1, 0.15) is 59.7 Å². The quantitative estimate of drug-likeness (QED) is 0.463. The minimum absolute atomic E-state index is 0.545. The Balaban J connectivity index is 0.000000583. The maximum absolute atomic E-state index is 4.79. The largest absolute Gasteiger partial charge is 0.249 e. The Labute approximate surface area is 171 Å². The van der Waals surface area contributed by atoms with Crippen molar-refractivity contribution in [1.82, 2.24) is 9.97 Å². The minimum Gasteiger partial charge on any atom is -0.249 e. The van der Waals surface area contributed by atoms with Crippen molar-refractivity contribution in [3.05, 3.63) is 65.9 Å². The fourth-order valence-corrected chi connectivity index (χ4v) is 2.44. The van der Waals surface area contributed by atoms with Crippen LogP contribution in [0, 0.1) is 18.8 Å². The smallest absolute Gasteiger partial charge is 0.0922 e. The standard InChI is InChI=1S/C20H20N2.C4H10.C2H6/c1-14(2)9-10-16-11-12-18-19(13-16)21-15(3)20(22-18)17-7-5-4-6-8-17;1-4(2)3;1-2/h4-14H,1-3H3;4H,1-3H3;1-2H3/b10-9+;;. The molecule has 1 heterocycles. The van der Waals surface area contributed by atoms with Crippen LogP contribution in [0.4, 0.5) is 0 Å². The minimum atomic E-state index is 0.545. The molecule has 0 aliphatic carbocycles. The summed E-state index contributed by atoms with van der Waals surface area (Å²) in [6.45, 7) is 16.9. The van der Waals surface area contributed by atoms with Crippen LogP contribution in [-0.4, -0.2) is 9.97 Å². The molecule has 3 rings (SSSR count). The van der Waals surface area contributed by atoms with Crippen molar-refractivity contribution in [3.8, 4) is 11.3 Å². The molecule has 0 fully saturated rings. The molecule has 0 amide bonds. The summed E-state index contributed by atoms with van der Waals surface area (Å²) in [7, 11) is 0. The lowest BCUT2D eigenvalue weighted by atomic mass is 10.1. The van der Waals surface area contributed by atoms with Crippen LogP contribution in [0.15, 0.2) is 54.6 Å². The summed E-state index contributed by atoms with van der Waals surface area (Å²) < 4.78 is 0. The summed E-state index contributed by atoms with van der Waals surface area (Å²) in [5.74, 6) is 1.38. The molecule has 2 nitrogen and oxygen atoms in total. The molecule has 1 aromatic heterocycles. The average molecular weight is 377 g/mol. The van der Waals surface area contributed by atoms with E-state index in [1.54, 1.807) is 0 Å². The van der Waals surface area contributed by atoms with Gasteiger partial charge in [-0.3, -0.25) is 0 Å². The Kier molecular flexibility index (Phi) is 10.2. The number of rotatable bonds is 3. The van der Waals surface area contributed by atoms with E-state index in [1.165, 1.54) is 5.56 Å². The van der Waals surface area contributed by atoms with E-state index in [1.807, 2.05) is 45.0 Å². The molecule has 2 aromatic carbocycles. The van der Waals surface area contributed by atoms with E-state index >= 15 is 0 Å². The maximum atomic E-state index is 4.79. The lowest BCUT2D eigenvalue weighted by molar-refractivity contribution is 0.737. The van der Waals surface area contributed by atoms with Crippen molar-refractivity contribution in [3.63, 3.8) is 0 Å². The van der Waals surface area contributed by atoms with Crippen molar-refractivity contribution in [2.75, 3.05) is 0 Å². The highest BCUT2D eigenvalue weighted by Gasteiger charge is 2.07. The molecule has 0 atom stereocenters. The highest BCUT2D eigenvalue weighted by molar-refractivity contribution is 5.80. The third-order valence-electron chi connectivity index (χ3n) is 3.58. The van der Waals surface area contributed by atoms with Gasteiger partial charge in [-0.1, -0.05) is 97.0 Å². The first-order chi connectivity index (χ1) is 13.4. The molecule has 150 valence electrons. The Morgan fingerprint density at radius 1 is 0.786 bits per heavy atom. The van der Waals surface area contributed by atoms with Crippen LogP contribution >= 0.6 is 0 Å². The predicted octanol–water partition coefficient (Wildman–Crippen LogP) is 7.96. The Morgan fingerprint density at radius 2 is 1.39 bits per heavy atom. The Hall–Kier alpha value is -2.48. The molecule has 0 aliphatic heterocycles. The van der Waals surface area contributed by atoms with Gasteiger partial charge in [-0.15, -0.1) is 0 Å². The molecular weight excluding hydrogens is 340 g/mol. The average Bonchev–Trinajstić information content (AvgIpc) is 2.67. The molecule has 0 N–H and O–H groups in total. The summed E-state index contributed by atoms with van der Waals surface area (Å²) in [4.78, 5) is 9.54. The van der Waals surface area contributed by atoms with E-state index in [0.717, 1.165) is 33.9 Å². The second-order valence-electron chi connectivity index (χ2n) is 7.61. The van der Waals surface area contributed by atoms with Gasteiger partial charge in [0.2, 0.25) is 0 Å². The molecule has 0 unspecified atom stereocenters. The van der Waals surface area contributed by atoms with E-state index in [-0.39, 0.29) is 0 Å². The Bertz CT molecular complexity index is 859. The van der Waals surface area contributed by atoms with Crippen LogP contribution in [0.2, 0.25) is 0 Å². The first-order valence-electron chi connectivity index (χ1n) is 10.4. The SMILES string of the molecule is CC.CC(C)C.Cc1nc2cc(/C=C/C(C)C)ccc2nc1-c1ccccc1. The van der Waals surface area contributed by atoms with Gasteiger partial charge in [0.05, 0.1) is 22.4 Å². The zero-order valence-corrected chi connectivity index (χ0v) is 18.8. The van der Waals surface area contributed by atoms with Crippen LogP contribution in [-0.2, 0) is 0 Å². The van der Waals surface area contributed by atoms with Crippen LogP contribution < -0.4 is 0 Å². The van der Waals surface area contributed by atoms with E-state index in [2.05, 4.69) is 71.0 Å².